The van der Waals surface area contributed by atoms with E-state index in [1.807, 2.05) is 0 Å². The Morgan fingerprint density at radius 2 is 1.79 bits per heavy atom. The molecule has 0 aliphatic heterocycles. The molecule has 2 heteroatoms. The molecule has 2 N–H and O–H groups in total. The van der Waals surface area contributed by atoms with Crippen molar-refractivity contribution in [1.82, 2.24) is 10.6 Å². The van der Waals surface area contributed by atoms with Crippen molar-refractivity contribution in [2.75, 3.05) is 13.6 Å². The molecule has 1 fully saturated rings. The van der Waals surface area contributed by atoms with E-state index < -0.39 is 0 Å². The molecule has 1 rings (SSSR count). The monoisotopic (exact) mass is 198 g/mol. The number of rotatable bonds is 5. The fraction of sp³-hybridized carbons (Fsp3) is 1.00. The lowest BCUT2D eigenvalue weighted by atomic mass is 9.79. The van der Waals surface area contributed by atoms with Crippen molar-refractivity contribution < 1.29 is 0 Å². The van der Waals surface area contributed by atoms with Gasteiger partial charge < -0.3 is 10.6 Å². The van der Waals surface area contributed by atoms with Gasteiger partial charge in [-0.3, -0.25) is 0 Å². The fourth-order valence-electron chi connectivity index (χ4n) is 2.45. The second kappa shape index (κ2) is 5.72. The first kappa shape index (κ1) is 12.0. The summed E-state index contributed by atoms with van der Waals surface area (Å²) in [7, 11) is 2.13. The molecule has 1 saturated carbocycles. The Hall–Kier alpha value is -0.0800. The minimum absolute atomic E-state index is 0.445. The van der Waals surface area contributed by atoms with Crippen LogP contribution in [0.4, 0.5) is 0 Å². The first-order chi connectivity index (χ1) is 6.68. The lowest BCUT2D eigenvalue weighted by Crippen LogP contribution is -2.47. The predicted octanol–water partition coefficient (Wildman–Crippen LogP) is 2.30. The van der Waals surface area contributed by atoms with Gasteiger partial charge in [0.05, 0.1) is 0 Å². The van der Waals surface area contributed by atoms with Crippen LogP contribution in [0.3, 0.4) is 0 Å². The van der Waals surface area contributed by atoms with E-state index in [0.29, 0.717) is 11.6 Å². The summed E-state index contributed by atoms with van der Waals surface area (Å²) in [5.74, 6) is 0. The standard InChI is InChI=1S/C12H26N2/c1-11(2)14-10-9-12(13-3)7-5-4-6-8-12/h11,13-14H,4-10H2,1-3H3. The maximum atomic E-state index is 3.55. The summed E-state index contributed by atoms with van der Waals surface area (Å²) in [5, 5.41) is 7.06. The van der Waals surface area contributed by atoms with Crippen molar-refractivity contribution in [3.8, 4) is 0 Å². The Balaban J connectivity index is 2.29. The molecule has 84 valence electrons. The van der Waals surface area contributed by atoms with Crippen molar-refractivity contribution >= 4 is 0 Å². The van der Waals surface area contributed by atoms with Crippen molar-refractivity contribution in [3.63, 3.8) is 0 Å². The molecule has 0 aromatic rings. The molecule has 0 spiro atoms. The van der Waals surface area contributed by atoms with E-state index in [-0.39, 0.29) is 0 Å². The molecule has 0 unspecified atom stereocenters. The van der Waals surface area contributed by atoms with E-state index in [1.165, 1.54) is 38.5 Å². The minimum Gasteiger partial charge on any atom is -0.314 e. The molecular formula is C12H26N2. The van der Waals surface area contributed by atoms with Crippen molar-refractivity contribution in [2.24, 2.45) is 0 Å². The average Bonchev–Trinajstić information content (AvgIpc) is 2.19. The molecule has 1 aliphatic rings. The third kappa shape index (κ3) is 3.58. The van der Waals surface area contributed by atoms with Gasteiger partial charge in [0, 0.05) is 11.6 Å². The van der Waals surface area contributed by atoms with Crippen LogP contribution in [0.5, 0.6) is 0 Å². The average molecular weight is 198 g/mol. The first-order valence-electron chi connectivity index (χ1n) is 6.11. The van der Waals surface area contributed by atoms with Crippen LogP contribution in [0.1, 0.15) is 52.4 Å². The van der Waals surface area contributed by atoms with Crippen LogP contribution in [0.2, 0.25) is 0 Å². The summed E-state index contributed by atoms with van der Waals surface area (Å²) >= 11 is 0. The molecule has 2 nitrogen and oxygen atoms in total. The van der Waals surface area contributed by atoms with E-state index >= 15 is 0 Å². The van der Waals surface area contributed by atoms with Gasteiger partial charge in [0.1, 0.15) is 0 Å². The van der Waals surface area contributed by atoms with Gasteiger partial charge in [0.15, 0.2) is 0 Å². The molecule has 0 heterocycles. The van der Waals surface area contributed by atoms with Crippen LogP contribution < -0.4 is 10.6 Å². The second-order valence-corrected chi connectivity index (χ2v) is 4.95. The Morgan fingerprint density at radius 3 is 2.29 bits per heavy atom. The van der Waals surface area contributed by atoms with Crippen molar-refractivity contribution in [3.05, 3.63) is 0 Å². The maximum absolute atomic E-state index is 3.55. The zero-order valence-corrected chi connectivity index (χ0v) is 10.0. The third-order valence-corrected chi connectivity index (χ3v) is 3.50. The van der Waals surface area contributed by atoms with Crippen LogP contribution in [-0.4, -0.2) is 25.2 Å². The van der Waals surface area contributed by atoms with Crippen LogP contribution >= 0.6 is 0 Å². The zero-order valence-electron chi connectivity index (χ0n) is 10.0. The second-order valence-electron chi connectivity index (χ2n) is 4.95. The molecule has 0 aromatic heterocycles. The van der Waals surface area contributed by atoms with Gasteiger partial charge in [-0.25, -0.2) is 0 Å². The van der Waals surface area contributed by atoms with Crippen LogP contribution in [-0.2, 0) is 0 Å². The number of hydrogen-bond acceptors (Lipinski definition) is 2. The molecule has 0 bridgehead atoms. The van der Waals surface area contributed by atoms with Crippen LogP contribution in [0.15, 0.2) is 0 Å². The summed E-state index contributed by atoms with van der Waals surface area (Å²) < 4.78 is 0. The predicted molar refractivity (Wildman–Crippen MR) is 62.6 cm³/mol. The largest absolute Gasteiger partial charge is 0.314 e. The molecule has 0 radical (unpaired) electrons. The lowest BCUT2D eigenvalue weighted by Gasteiger charge is -2.37. The van der Waals surface area contributed by atoms with Gasteiger partial charge in [-0.2, -0.15) is 0 Å². The summed E-state index contributed by atoms with van der Waals surface area (Å²) in [6.07, 6.45) is 8.25. The molecule has 1 aliphatic carbocycles. The van der Waals surface area contributed by atoms with Gasteiger partial charge in [-0.05, 0) is 32.9 Å². The van der Waals surface area contributed by atoms with Crippen LogP contribution in [0.25, 0.3) is 0 Å². The molecule has 0 saturated heterocycles. The Bertz CT molecular complexity index is 148. The Labute approximate surface area is 88.8 Å². The molecule has 0 amide bonds. The van der Waals surface area contributed by atoms with E-state index in [0.717, 1.165) is 6.54 Å². The van der Waals surface area contributed by atoms with Gasteiger partial charge in [-0.15, -0.1) is 0 Å². The highest BCUT2D eigenvalue weighted by Gasteiger charge is 2.29. The third-order valence-electron chi connectivity index (χ3n) is 3.50. The van der Waals surface area contributed by atoms with E-state index in [4.69, 9.17) is 0 Å². The molecular weight excluding hydrogens is 172 g/mol. The summed E-state index contributed by atoms with van der Waals surface area (Å²) in [5.41, 5.74) is 0.445. The van der Waals surface area contributed by atoms with E-state index in [1.54, 1.807) is 0 Å². The first-order valence-corrected chi connectivity index (χ1v) is 6.11. The number of nitrogens with one attached hydrogen (secondary N) is 2. The van der Waals surface area contributed by atoms with Crippen LogP contribution in [0, 0.1) is 0 Å². The summed E-state index contributed by atoms with van der Waals surface area (Å²) in [6, 6.07) is 0.618. The Kier molecular flexibility index (Phi) is 4.90. The van der Waals surface area contributed by atoms with E-state index in [9.17, 15) is 0 Å². The molecule has 0 aromatic carbocycles. The highest BCUT2D eigenvalue weighted by atomic mass is 15.0. The van der Waals surface area contributed by atoms with E-state index in [2.05, 4.69) is 31.5 Å². The Morgan fingerprint density at radius 1 is 1.14 bits per heavy atom. The van der Waals surface area contributed by atoms with Gasteiger partial charge in [0.25, 0.3) is 0 Å². The summed E-state index contributed by atoms with van der Waals surface area (Å²) in [4.78, 5) is 0. The number of hydrogen-bond donors (Lipinski definition) is 2. The minimum atomic E-state index is 0.445. The smallest absolute Gasteiger partial charge is 0.0190 e. The quantitative estimate of drug-likeness (QED) is 0.708. The van der Waals surface area contributed by atoms with Crippen molar-refractivity contribution in [1.29, 1.82) is 0 Å². The SMILES string of the molecule is CNC1(CCNC(C)C)CCCCC1. The fourth-order valence-corrected chi connectivity index (χ4v) is 2.45. The maximum Gasteiger partial charge on any atom is 0.0190 e. The lowest BCUT2D eigenvalue weighted by molar-refractivity contribution is 0.226. The zero-order chi connectivity index (χ0) is 10.4. The topological polar surface area (TPSA) is 24.1 Å². The highest BCUT2D eigenvalue weighted by Crippen LogP contribution is 2.30. The van der Waals surface area contributed by atoms with Gasteiger partial charge >= 0.3 is 0 Å². The molecule has 14 heavy (non-hydrogen) atoms. The molecule has 0 atom stereocenters. The van der Waals surface area contributed by atoms with Gasteiger partial charge in [-0.1, -0.05) is 33.1 Å². The summed E-state index contributed by atoms with van der Waals surface area (Å²) in [6.45, 7) is 5.58. The highest BCUT2D eigenvalue weighted by molar-refractivity contribution is 4.90. The van der Waals surface area contributed by atoms with Crippen molar-refractivity contribution in [2.45, 2.75) is 64.0 Å². The normalized spacial score (nSPS) is 21.4. The van der Waals surface area contributed by atoms with Gasteiger partial charge in [0.2, 0.25) is 0 Å².